The second-order valence-corrected chi connectivity index (χ2v) is 6.74. The Balaban J connectivity index is 1.81. The molecular formula is C16H32N2O2. The maximum absolute atomic E-state index is 10.6. The van der Waals surface area contributed by atoms with Crippen LogP contribution in [0.2, 0.25) is 0 Å². The molecular weight excluding hydrogens is 252 g/mol. The van der Waals surface area contributed by atoms with Crippen LogP contribution in [0.4, 0.5) is 0 Å². The summed E-state index contributed by atoms with van der Waals surface area (Å²) >= 11 is 0. The van der Waals surface area contributed by atoms with Crippen LogP contribution >= 0.6 is 0 Å². The van der Waals surface area contributed by atoms with E-state index in [1.807, 2.05) is 0 Å². The molecule has 0 spiro atoms. The van der Waals surface area contributed by atoms with Gasteiger partial charge in [0.2, 0.25) is 0 Å². The van der Waals surface area contributed by atoms with E-state index in [2.05, 4.69) is 24.2 Å². The maximum atomic E-state index is 10.6. The lowest BCUT2D eigenvalue weighted by molar-refractivity contribution is -0.0788. The summed E-state index contributed by atoms with van der Waals surface area (Å²) in [6.07, 6.45) is 6.91. The van der Waals surface area contributed by atoms with Crippen LogP contribution in [-0.4, -0.2) is 61.5 Å². The van der Waals surface area contributed by atoms with Crippen LogP contribution in [-0.2, 0) is 4.74 Å². The van der Waals surface area contributed by atoms with Crippen molar-refractivity contribution in [2.45, 2.75) is 57.1 Å². The first-order chi connectivity index (χ1) is 9.63. The lowest BCUT2D eigenvalue weighted by Gasteiger charge is -2.39. The molecule has 20 heavy (non-hydrogen) atoms. The third-order valence-corrected chi connectivity index (χ3v) is 4.91. The summed E-state index contributed by atoms with van der Waals surface area (Å²) in [5.74, 6) is 0.733. The van der Waals surface area contributed by atoms with Crippen LogP contribution < -0.4 is 5.32 Å². The first-order valence-electron chi connectivity index (χ1n) is 8.35. The van der Waals surface area contributed by atoms with E-state index in [0.29, 0.717) is 19.3 Å². The lowest BCUT2D eigenvalue weighted by atomic mass is 9.83. The molecule has 4 nitrogen and oxygen atoms in total. The highest BCUT2D eigenvalue weighted by molar-refractivity contribution is 4.87. The molecule has 0 bridgehead atoms. The van der Waals surface area contributed by atoms with Gasteiger partial charge in [0.15, 0.2) is 0 Å². The zero-order chi connectivity index (χ0) is 14.4. The van der Waals surface area contributed by atoms with Crippen LogP contribution in [0.15, 0.2) is 0 Å². The molecule has 1 aliphatic heterocycles. The molecule has 4 heteroatoms. The summed E-state index contributed by atoms with van der Waals surface area (Å²) < 4.78 is 5.36. The summed E-state index contributed by atoms with van der Waals surface area (Å²) in [5.41, 5.74) is -0.532. The molecule has 0 aromatic carbocycles. The predicted molar refractivity (Wildman–Crippen MR) is 81.9 cm³/mol. The number of hydrogen-bond donors (Lipinski definition) is 2. The SMILES string of the molecule is CCNC1CCCCC1CN(C)CC1(O)CCOCC1. The molecule has 2 N–H and O–H groups in total. The summed E-state index contributed by atoms with van der Waals surface area (Å²) in [6, 6.07) is 0.667. The molecule has 118 valence electrons. The molecule has 1 saturated heterocycles. The van der Waals surface area contributed by atoms with Crippen LogP contribution in [0.25, 0.3) is 0 Å². The number of ether oxygens (including phenoxy) is 1. The van der Waals surface area contributed by atoms with E-state index in [1.54, 1.807) is 0 Å². The topological polar surface area (TPSA) is 44.7 Å². The Bertz CT molecular complexity index is 278. The largest absolute Gasteiger partial charge is 0.388 e. The Morgan fingerprint density at radius 3 is 2.65 bits per heavy atom. The van der Waals surface area contributed by atoms with Gasteiger partial charge in [-0.1, -0.05) is 19.8 Å². The molecule has 2 unspecified atom stereocenters. The zero-order valence-corrected chi connectivity index (χ0v) is 13.2. The van der Waals surface area contributed by atoms with Crippen molar-refractivity contribution in [2.75, 3.05) is 39.9 Å². The third kappa shape index (κ3) is 4.69. The smallest absolute Gasteiger partial charge is 0.0817 e. The average Bonchev–Trinajstić information content (AvgIpc) is 2.41. The quantitative estimate of drug-likeness (QED) is 0.778. The van der Waals surface area contributed by atoms with Gasteiger partial charge in [-0.25, -0.2) is 0 Å². The van der Waals surface area contributed by atoms with Gasteiger partial charge in [0, 0.05) is 45.2 Å². The van der Waals surface area contributed by atoms with Crippen molar-refractivity contribution in [1.82, 2.24) is 10.2 Å². The van der Waals surface area contributed by atoms with E-state index >= 15 is 0 Å². The van der Waals surface area contributed by atoms with Gasteiger partial charge < -0.3 is 20.1 Å². The first-order valence-corrected chi connectivity index (χ1v) is 8.35. The molecule has 2 aliphatic rings. The Hall–Kier alpha value is -0.160. The van der Waals surface area contributed by atoms with Crippen molar-refractivity contribution in [3.8, 4) is 0 Å². The molecule has 2 atom stereocenters. The summed E-state index contributed by atoms with van der Waals surface area (Å²) in [4.78, 5) is 2.34. The van der Waals surface area contributed by atoms with Crippen LogP contribution in [0, 0.1) is 5.92 Å². The van der Waals surface area contributed by atoms with Crippen LogP contribution in [0.3, 0.4) is 0 Å². The molecule has 1 saturated carbocycles. The molecule has 0 aromatic heterocycles. The van der Waals surface area contributed by atoms with E-state index in [1.165, 1.54) is 25.7 Å². The van der Waals surface area contributed by atoms with E-state index in [9.17, 15) is 5.11 Å². The Kier molecular flexibility index (Phi) is 6.27. The highest BCUT2D eigenvalue weighted by Gasteiger charge is 2.32. The first kappa shape index (κ1) is 16.2. The van der Waals surface area contributed by atoms with Crippen molar-refractivity contribution in [2.24, 2.45) is 5.92 Å². The lowest BCUT2D eigenvalue weighted by Crippen LogP contribution is -2.49. The number of hydrogen-bond acceptors (Lipinski definition) is 4. The maximum Gasteiger partial charge on any atom is 0.0817 e. The molecule has 0 amide bonds. The number of aliphatic hydroxyl groups is 1. The number of nitrogens with one attached hydrogen (secondary N) is 1. The Labute approximate surface area is 123 Å². The van der Waals surface area contributed by atoms with Gasteiger partial charge in [0.05, 0.1) is 5.60 Å². The van der Waals surface area contributed by atoms with Crippen molar-refractivity contribution >= 4 is 0 Å². The van der Waals surface area contributed by atoms with Gasteiger partial charge in [0.1, 0.15) is 0 Å². The van der Waals surface area contributed by atoms with Crippen LogP contribution in [0.5, 0.6) is 0 Å². The summed E-state index contributed by atoms with van der Waals surface area (Å²) in [6.45, 7) is 6.54. The number of rotatable bonds is 6. The van der Waals surface area contributed by atoms with Gasteiger partial charge in [-0.3, -0.25) is 0 Å². The molecule has 1 aliphatic carbocycles. The van der Waals surface area contributed by atoms with E-state index in [4.69, 9.17) is 4.74 Å². The monoisotopic (exact) mass is 284 g/mol. The summed E-state index contributed by atoms with van der Waals surface area (Å²) in [5, 5.41) is 14.2. The average molecular weight is 284 g/mol. The fourth-order valence-corrected chi connectivity index (χ4v) is 3.83. The number of likely N-dealkylation sites (N-methyl/N-ethyl adjacent to an activating group) is 1. The molecule has 2 fully saturated rings. The highest BCUT2D eigenvalue weighted by Crippen LogP contribution is 2.27. The minimum Gasteiger partial charge on any atom is -0.388 e. The fraction of sp³-hybridized carbons (Fsp3) is 1.00. The fourth-order valence-electron chi connectivity index (χ4n) is 3.83. The highest BCUT2D eigenvalue weighted by atomic mass is 16.5. The summed E-state index contributed by atoms with van der Waals surface area (Å²) in [7, 11) is 2.16. The van der Waals surface area contributed by atoms with Crippen molar-refractivity contribution in [3.63, 3.8) is 0 Å². The normalized spacial score (nSPS) is 30.6. The second kappa shape index (κ2) is 7.74. The Morgan fingerprint density at radius 1 is 1.25 bits per heavy atom. The van der Waals surface area contributed by atoms with Crippen LogP contribution in [0.1, 0.15) is 45.4 Å². The van der Waals surface area contributed by atoms with Gasteiger partial charge in [-0.05, 0) is 32.4 Å². The Morgan fingerprint density at radius 2 is 1.95 bits per heavy atom. The van der Waals surface area contributed by atoms with Gasteiger partial charge in [-0.15, -0.1) is 0 Å². The predicted octanol–water partition coefficient (Wildman–Crippen LogP) is 1.63. The van der Waals surface area contributed by atoms with Gasteiger partial charge >= 0.3 is 0 Å². The minimum atomic E-state index is -0.532. The molecule has 2 rings (SSSR count). The third-order valence-electron chi connectivity index (χ3n) is 4.91. The van der Waals surface area contributed by atoms with Gasteiger partial charge in [0.25, 0.3) is 0 Å². The van der Waals surface area contributed by atoms with E-state index < -0.39 is 5.60 Å². The molecule has 0 aromatic rings. The van der Waals surface area contributed by atoms with Crippen molar-refractivity contribution in [3.05, 3.63) is 0 Å². The van der Waals surface area contributed by atoms with Crippen molar-refractivity contribution < 1.29 is 9.84 Å². The minimum absolute atomic E-state index is 0.532. The molecule has 0 radical (unpaired) electrons. The van der Waals surface area contributed by atoms with Gasteiger partial charge in [-0.2, -0.15) is 0 Å². The van der Waals surface area contributed by atoms with E-state index in [-0.39, 0.29) is 0 Å². The number of nitrogens with zero attached hydrogens (tertiary/aromatic N) is 1. The standard InChI is InChI=1S/C16H32N2O2/c1-3-17-15-7-5-4-6-14(15)12-18(2)13-16(19)8-10-20-11-9-16/h14-15,17,19H,3-13H2,1-2H3. The van der Waals surface area contributed by atoms with E-state index in [0.717, 1.165) is 38.4 Å². The zero-order valence-electron chi connectivity index (χ0n) is 13.2. The second-order valence-electron chi connectivity index (χ2n) is 6.74. The van der Waals surface area contributed by atoms with Crippen molar-refractivity contribution in [1.29, 1.82) is 0 Å². The molecule has 1 heterocycles.